The molecule has 6 nitrogen and oxygen atoms in total. The SMILES string of the molecule is CN1CCN(Cc2ccc(C=NNC(N)=O)cc2F)CC1. The van der Waals surface area contributed by atoms with Gasteiger partial charge in [-0.05, 0) is 18.7 Å². The molecule has 0 spiro atoms. The number of carbonyl (C=O) groups excluding carboxylic acids is 1. The molecule has 21 heavy (non-hydrogen) atoms. The highest BCUT2D eigenvalue weighted by atomic mass is 19.1. The molecule has 1 aromatic rings. The largest absolute Gasteiger partial charge is 0.350 e. The van der Waals surface area contributed by atoms with E-state index in [9.17, 15) is 9.18 Å². The number of nitrogens with zero attached hydrogens (tertiary/aromatic N) is 3. The summed E-state index contributed by atoms with van der Waals surface area (Å²) in [6.45, 7) is 4.51. The Labute approximate surface area is 123 Å². The first-order chi connectivity index (χ1) is 10.0. The normalized spacial score (nSPS) is 17.2. The molecule has 3 N–H and O–H groups in total. The van der Waals surface area contributed by atoms with Crippen molar-refractivity contribution in [3.8, 4) is 0 Å². The highest BCUT2D eigenvalue weighted by Gasteiger charge is 2.15. The number of benzene rings is 1. The average Bonchev–Trinajstić information content (AvgIpc) is 2.44. The van der Waals surface area contributed by atoms with Crippen LogP contribution in [0.25, 0.3) is 0 Å². The second-order valence-electron chi connectivity index (χ2n) is 5.16. The summed E-state index contributed by atoms with van der Waals surface area (Å²) in [6.07, 6.45) is 1.35. The van der Waals surface area contributed by atoms with Crippen LogP contribution in [0.15, 0.2) is 23.3 Å². The van der Waals surface area contributed by atoms with E-state index < -0.39 is 6.03 Å². The third kappa shape index (κ3) is 4.80. The fourth-order valence-electron chi connectivity index (χ4n) is 2.19. The summed E-state index contributed by atoms with van der Waals surface area (Å²) in [5.74, 6) is -0.267. The van der Waals surface area contributed by atoms with E-state index in [-0.39, 0.29) is 5.82 Å². The molecule has 0 aliphatic carbocycles. The van der Waals surface area contributed by atoms with Crippen LogP contribution in [0.5, 0.6) is 0 Å². The van der Waals surface area contributed by atoms with Crippen LogP contribution in [0.4, 0.5) is 9.18 Å². The fraction of sp³-hybridized carbons (Fsp3) is 0.429. The van der Waals surface area contributed by atoms with Gasteiger partial charge in [-0.3, -0.25) is 4.90 Å². The van der Waals surface area contributed by atoms with Crippen molar-refractivity contribution in [2.24, 2.45) is 10.8 Å². The highest BCUT2D eigenvalue weighted by Crippen LogP contribution is 2.13. The lowest BCUT2D eigenvalue weighted by Crippen LogP contribution is -2.44. The Morgan fingerprint density at radius 2 is 2.14 bits per heavy atom. The maximum absolute atomic E-state index is 14.1. The number of hydrogen-bond acceptors (Lipinski definition) is 4. The van der Waals surface area contributed by atoms with Crippen molar-refractivity contribution in [1.29, 1.82) is 0 Å². The highest BCUT2D eigenvalue weighted by molar-refractivity contribution is 5.81. The summed E-state index contributed by atoms with van der Waals surface area (Å²) in [4.78, 5) is 15.0. The number of amides is 2. The van der Waals surface area contributed by atoms with Gasteiger partial charge in [-0.15, -0.1) is 0 Å². The maximum atomic E-state index is 14.1. The number of hydrogen-bond donors (Lipinski definition) is 2. The zero-order chi connectivity index (χ0) is 15.2. The minimum absolute atomic E-state index is 0.267. The van der Waals surface area contributed by atoms with Gasteiger partial charge in [0.15, 0.2) is 0 Å². The van der Waals surface area contributed by atoms with Crippen molar-refractivity contribution in [1.82, 2.24) is 15.2 Å². The van der Waals surface area contributed by atoms with E-state index in [1.807, 2.05) is 0 Å². The van der Waals surface area contributed by atoms with E-state index in [0.29, 0.717) is 17.7 Å². The quantitative estimate of drug-likeness (QED) is 0.630. The monoisotopic (exact) mass is 293 g/mol. The third-order valence-electron chi connectivity index (χ3n) is 3.46. The van der Waals surface area contributed by atoms with Crippen LogP contribution in [-0.4, -0.2) is 55.3 Å². The summed E-state index contributed by atoms with van der Waals surface area (Å²) in [5.41, 5.74) is 8.19. The zero-order valence-electron chi connectivity index (χ0n) is 12.1. The van der Waals surface area contributed by atoms with Crippen molar-refractivity contribution in [2.45, 2.75) is 6.54 Å². The molecule has 1 fully saturated rings. The number of rotatable bonds is 4. The molecule has 0 unspecified atom stereocenters. The minimum atomic E-state index is -0.751. The smallest absolute Gasteiger partial charge is 0.332 e. The van der Waals surface area contributed by atoms with Crippen LogP contribution in [0.1, 0.15) is 11.1 Å². The number of nitrogens with one attached hydrogen (secondary N) is 1. The molecule has 0 radical (unpaired) electrons. The molecular weight excluding hydrogens is 273 g/mol. The van der Waals surface area contributed by atoms with Gasteiger partial charge in [0.05, 0.1) is 6.21 Å². The average molecular weight is 293 g/mol. The lowest BCUT2D eigenvalue weighted by atomic mass is 10.1. The van der Waals surface area contributed by atoms with Gasteiger partial charge in [-0.1, -0.05) is 12.1 Å². The van der Waals surface area contributed by atoms with E-state index in [4.69, 9.17) is 5.73 Å². The van der Waals surface area contributed by atoms with Crippen LogP contribution in [0.2, 0.25) is 0 Å². The molecule has 1 saturated heterocycles. The van der Waals surface area contributed by atoms with Gasteiger partial charge in [0.1, 0.15) is 5.82 Å². The van der Waals surface area contributed by atoms with E-state index in [2.05, 4.69) is 27.4 Å². The standard InChI is InChI=1S/C14H20FN5O/c1-19-4-6-20(7-5-19)10-12-3-2-11(8-13(12)15)9-17-18-14(16)21/h2-3,8-9H,4-7,10H2,1H3,(H3,16,18,21). The molecule has 0 aromatic heterocycles. The Kier molecular flexibility index (Phi) is 5.24. The lowest BCUT2D eigenvalue weighted by Gasteiger charge is -2.32. The third-order valence-corrected chi connectivity index (χ3v) is 3.46. The van der Waals surface area contributed by atoms with Crippen molar-refractivity contribution in [2.75, 3.05) is 33.2 Å². The Bertz CT molecular complexity index is 526. The number of urea groups is 1. The molecule has 1 aliphatic rings. The van der Waals surface area contributed by atoms with Gasteiger partial charge < -0.3 is 10.6 Å². The molecule has 2 rings (SSSR count). The van der Waals surface area contributed by atoms with Crippen molar-refractivity contribution >= 4 is 12.2 Å². The van der Waals surface area contributed by atoms with Gasteiger partial charge in [-0.2, -0.15) is 5.10 Å². The predicted molar refractivity (Wildman–Crippen MR) is 79.5 cm³/mol. The van der Waals surface area contributed by atoms with Crippen molar-refractivity contribution < 1.29 is 9.18 Å². The van der Waals surface area contributed by atoms with Gasteiger partial charge in [0.25, 0.3) is 0 Å². The van der Waals surface area contributed by atoms with Gasteiger partial charge >= 0.3 is 6.03 Å². The van der Waals surface area contributed by atoms with Crippen molar-refractivity contribution in [3.63, 3.8) is 0 Å². The molecule has 7 heteroatoms. The number of halogens is 1. The minimum Gasteiger partial charge on any atom is -0.350 e. The number of hydrazone groups is 1. The second kappa shape index (κ2) is 7.14. The van der Waals surface area contributed by atoms with Crippen LogP contribution >= 0.6 is 0 Å². The zero-order valence-corrected chi connectivity index (χ0v) is 12.1. The first-order valence-electron chi connectivity index (χ1n) is 6.82. The summed E-state index contributed by atoms with van der Waals surface area (Å²) < 4.78 is 14.1. The number of piperazine rings is 1. The Morgan fingerprint density at radius 3 is 2.76 bits per heavy atom. The van der Waals surface area contributed by atoms with Crippen LogP contribution < -0.4 is 11.2 Å². The lowest BCUT2D eigenvalue weighted by molar-refractivity contribution is 0.147. The number of carbonyl (C=O) groups is 1. The van der Waals surface area contributed by atoms with E-state index >= 15 is 0 Å². The molecule has 114 valence electrons. The molecule has 1 heterocycles. The maximum Gasteiger partial charge on any atom is 0.332 e. The molecule has 0 bridgehead atoms. The summed E-state index contributed by atoms with van der Waals surface area (Å²) in [7, 11) is 2.09. The van der Waals surface area contributed by atoms with E-state index in [0.717, 1.165) is 26.2 Å². The van der Waals surface area contributed by atoms with E-state index in [1.165, 1.54) is 12.3 Å². The topological polar surface area (TPSA) is 74.0 Å². The van der Waals surface area contributed by atoms with Crippen LogP contribution in [-0.2, 0) is 6.54 Å². The van der Waals surface area contributed by atoms with Crippen LogP contribution in [0, 0.1) is 5.82 Å². The molecule has 0 saturated carbocycles. The number of primary amides is 1. The van der Waals surface area contributed by atoms with Gasteiger partial charge in [0, 0.05) is 38.3 Å². The summed E-state index contributed by atoms with van der Waals surface area (Å²) >= 11 is 0. The molecule has 1 aliphatic heterocycles. The number of likely N-dealkylation sites (N-methyl/N-ethyl adjacent to an activating group) is 1. The molecule has 2 amide bonds. The van der Waals surface area contributed by atoms with Gasteiger partial charge in [-0.25, -0.2) is 14.6 Å². The Balaban J connectivity index is 1.95. The summed E-state index contributed by atoms with van der Waals surface area (Å²) in [6, 6.07) is 4.16. The molecule has 0 atom stereocenters. The fourth-order valence-corrected chi connectivity index (χ4v) is 2.19. The van der Waals surface area contributed by atoms with E-state index in [1.54, 1.807) is 12.1 Å². The first kappa shape index (κ1) is 15.4. The number of nitrogens with two attached hydrogens (primary N) is 1. The van der Waals surface area contributed by atoms with Crippen molar-refractivity contribution in [3.05, 3.63) is 35.1 Å². The predicted octanol–water partition coefficient (Wildman–Crippen LogP) is 0.575. The summed E-state index contributed by atoms with van der Waals surface area (Å²) in [5, 5.41) is 3.60. The van der Waals surface area contributed by atoms with Crippen LogP contribution in [0.3, 0.4) is 0 Å². The molecule has 1 aromatic carbocycles. The molecular formula is C14H20FN5O. The van der Waals surface area contributed by atoms with Gasteiger partial charge in [0.2, 0.25) is 0 Å². The Hall–Kier alpha value is -1.99. The Morgan fingerprint density at radius 1 is 1.43 bits per heavy atom. The second-order valence-corrected chi connectivity index (χ2v) is 5.16. The first-order valence-corrected chi connectivity index (χ1v) is 6.82.